The standard InChI is InChI=1S/C26H34N2O6/c1-7-33-21(29)15-27-20(23(31)28(24(27)32)16-22(30)34-8-2)14-17-9-10-18-19(13-17)26(5,6)12-11-25(18,3)4/h9-10,13-14H,7-8,11-12,15-16H2,1-6H3/b20-14-. The summed E-state index contributed by atoms with van der Waals surface area (Å²) >= 11 is 0. The topological polar surface area (TPSA) is 93.2 Å². The minimum absolute atomic E-state index is 0.0233. The van der Waals surface area contributed by atoms with Crippen LogP contribution in [0.4, 0.5) is 4.79 Å². The molecule has 0 saturated carbocycles. The van der Waals surface area contributed by atoms with Gasteiger partial charge in [-0.2, -0.15) is 0 Å². The number of ether oxygens (including phenoxy) is 2. The monoisotopic (exact) mass is 470 g/mol. The van der Waals surface area contributed by atoms with Crippen molar-refractivity contribution in [3.05, 3.63) is 40.6 Å². The van der Waals surface area contributed by atoms with Crippen molar-refractivity contribution in [2.45, 2.75) is 65.2 Å². The summed E-state index contributed by atoms with van der Waals surface area (Å²) in [6.45, 7) is 11.5. The molecular weight excluding hydrogens is 436 g/mol. The van der Waals surface area contributed by atoms with Crippen molar-refractivity contribution in [2.75, 3.05) is 26.3 Å². The number of hydrogen-bond acceptors (Lipinski definition) is 6. The second kappa shape index (κ2) is 9.60. The number of imide groups is 1. The van der Waals surface area contributed by atoms with Crippen molar-refractivity contribution in [2.24, 2.45) is 0 Å². The van der Waals surface area contributed by atoms with E-state index in [1.54, 1.807) is 19.9 Å². The summed E-state index contributed by atoms with van der Waals surface area (Å²) in [4.78, 5) is 52.2. The van der Waals surface area contributed by atoms with Gasteiger partial charge in [0.15, 0.2) is 0 Å². The predicted molar refractivity (Wildman–Crippen MR) is 127 cm³/mol. The smallest absolute Gasteiger partial charge is 0.332 e. The van der Waals surface area contributed by atoms with Crippen LogP contribution >= 0.6 is 0 Å². The van der Waals surface area contributed by atoms with Gasteiger partial charge in [-0.1, -0.05) is 45.9 Å². The molecule has 0 radical (unpaired) electrons. The Morgan fingerprint density at radius 2 is 1.41 bits per heavy atom. The number of rotatable bonds is 7. The number of carbonyl (C=O) groups is 4. The molecule has 0 N–H and O–H groups in total. The third kappa shape index (κ3) is 5.00. The fraction of sp³-hybridized carbons (Fsp3) is 0.538. The largest absolute Gasteiger partial charge is 0.465 e. The molecule has 0 atom stereocenters. The van der Waals surface area contributed by atoms with Crippen LogP contribution in [0.1, 0.15) is 71.1 Å². The molecule has 2 aliphatic rings. The molecule has 0 aromatic heterocycles. The number of urea groups is 1. The summed E-state index contributed by atoms with van der Waals surface area (Å²) in [5.41, 5.74) is 3.25. The average Bonchev–Trinajstić information content (AvgIpc) is 2.96. The summed E-state index contributed by atoms with van der Waals surface area (Å²) < 4.78 is 9.88. The first-order valence-corrected chi connectivity index (χ1v) is 11.7. The Labute approximate surface area is 200 Å². The molecule has 1 aromatic carbocycles. The summed E-state index contributed by atoms with van der Waals surface area (Å²) in [6.07, 6.45) is 3.71. The molecule has 8 heteroatoms. The van der Waals surface area contributed by atoms with Gasteiger partial charge in [0.1, 0.15) is 18.8 Å². The number of fused-ring (bicyclic) bond motifs is 1. The molecule has 1 aliphatic carbocycles. The van der Waals surface area contributed by atoms with Crippen LogP contribution in [0.15, 0.2) is 23.9 Å². The summed E-state index contributed by atoms with van der Waals surface area (Å²) in [6, 6.07) is 5.30. The fourth-order valence-electron chi connectivity index (χ4n) is 4.55. The van der Waals surface area contributed by atoms with Crippen LogP contribution in [0.3, 0.4) is 0 Å². The summed E-state index contributed by atoms with van der Waals surface area (Å²) in [7, 11) is 0. The average molecular weight is 471 g/mol. The predicted octanol–water partition coefficient (Wildman–Crippen LogP) is 3.77. The van der Waals surface area contributed by atoms with Gasteiger partial charge in [-0.15, -0.1) is 0 Å². The SMILES string of the molecule is CCOC(=O)CN1C(=O)/C(=C/c2ccc3c(c2)C(C)(C)CCC3(C)C)N(CC(=O)OCC)C1=O. The van der Waals surface area contributed by atoms with E-state index in [0.29, 0.717) is 0 Å². The quantitative estimate of drug-likeness (QED) is 0.342. The summed E-state index contributed by atoms with van der Waals surface area (Å²) in [5.74, 6) is -1.99. The van der Waals surface area contributed by atoms with Gasteiger partial charge in [0.05, 0.1) is 13.2 Å². The van der Waals surface area contributed by atoms with Gasteiger partial charge in [-0.3, -0.25) is 19.3 Å². The van der Waals surface area contributed by atoms with E-state index < -0.39 is 37.0 Å². The molecule has 1 fully saturated rings. The lowest BCUT2D eigenvalue weighted by molar-refractivity contribution is -0.146. The molecule has 1 aromatic rings. The molecule has 1 saturated heterocycles. The molecule has 1 heterocycles. The lowest BCUT2D eigenvalue weighted by atomic mass is 9.63. The second-order valence-electron chi connectivity index (χ2n) is 9.97. The first-order chi connectivity index (χ1) is 15.9. The number of carbonyl (C=O) groups excluding carboxylic acids is 4. The van der Waals surface area contributed by atoms with Crippen molar-refractivity contribution in [3.63, 3.8) is 0 Å². The van der Waals surface area contributed by atoms with E-state index in [4.69, 9.17) is 9.47 Å². The molecule has 3 amide bonds. The lowest BCUT2D eigenvalue weighted by Gasteiger charge is -2.42. The van der Waals surface area contributed by atoms with Gasteiger partial charge >= 0.3 is 18.0 Å². The van der Waals surface area contributed by atoms with E-state index >= 15 is 0 Å². The third-order valence-corrected chi connectivity index (χ3v) is 6.58. The molecule has 0 spiro atoms. The van der Waals surface area contributed by atoms with Gasteiger partial charge in [-0.25, -0.2) is 9.69 Å². The number of amides is 3. The third-order valence-electron chi connectivity index (χ3n) is 6.58. The molecular formula is C26H34N2O6. The second-order valence-corrected chi connectivity index (χ2v) is 9.97. The Balaban J connectivity index is 2.02. The van der Waals surface area contributed by atoms with Crippen molar-refractivity contribution in [1.29, 1.82) is 0 Å². The number of nitrogens with zero attached hydrogens (tertiary/aromatic N) is 2. The van der Waals surface area contributed by atoms with Crippen LogP contribution in [-0.4, -0.2) is 60.0 Å². The Hall–Kier alpha value is -3.16. The molecule has 0 unspecified atom stereocenters. The van der Waals surface area contributed by atoms with Crippen LogP contribution < -0.4 is 0 Å². The summed E-state index contributed by atoms with van der Waals surface area (Å²) in [5, 5.41) is 0. The maximum atomic E-state index is 13.2. The van der Waals surface area contributed by atoms with Crippen molar-refractivity contribution < 1.29 is 28.7 Å². The zero-order valence-electron chi connectivity index (χ0n) is 20.9. The van der Waals surface area contributed by atoms with Crippen LogP contribution in [-0.2, 0) is 34.7 Å². The molecule has 34 heavy (non-hydrogen) atoms. The number of benzene rings is 1. The first-order valence-electron chi connectivity index (χ1n) is 11.7. The lowest BCUT2D eigenvalue weighted by Crippen LogP contribution is -2.39. The van der Waals surface area contributed by atoms with E-state index in [-0.39, 0.29) is 29.7 Å². The van der Waals surface area contributed by atoms with Gasteiger partial charge in [0, 0.05) is 0 Å². The Kier molecular flexibility index (Phi) is 7.19. The number of esters is 2. The van der Waals surface area contributed by atoms with Crippen molar-refractivity contribution in [1.82, 2.24) is 9.80 Å². The van der Waals surface area contributed by atoms with Gasteiger partial charge in [0.2, 0.25) is 0 Å². The zero-order chi connectivity index (χ0) is 25.3. The van der Waals surface area contributed by atoms with Crippen LogP contribution in [0.5, 0.6) is 0 Å². The van der Waals surface area contributed by atoms with Crippen LogP contribution in [0.2, 0.25) is 0 Å². The Bertz CT molecular complexity index is 1040. The minimum Gasteiger partial charge on any atom is -0.465 e. The first kappa shape index (κ1) is 25.5. The minimum atomic E-state index is -0.753. The molecule has 184 valence electrons. The maximum absolute atomic E-state index is 13.2. The van der Waals surface area contributed by atoms with Crippen molar-refractivity contribution in [3.8, 4) is 0 Å². The highest BCUT2D eigenvalue weighted by atomic mass is 16.5. The maximum Gasteiger partial charge on any atom is 0.332 e. The molecule has 0 bridgehead atoms. The van der Waals surface area contributed by atoms with E-state index in [1.807, 2.05) is 6.07 Å². The highest BCUT2D eigenvalue weighted by molar-refractivity contribution is 6.15. The Morgan fingerprint density at radius 3 is 1.97 bits per heavy atom. The van der Waals surface area contributed by atoms with Crippen LogP contribution in [0.25, 0.3) is 6.08 Å². The highest BCUT2D eigenvalue weighted by Gasteiger charge is 2.43. The van der Waals surface area contributed by atoms with E-state index in [0.717, 1.165) is 28.2 Å². The number of hydrogen-bond donors (Lipinski definition) is 0. The fourth-order valence-corrected chi connectivity index (χ4v) is 4.55. The molecule has 8 nitrogen and oxygen atoms in total. The van der Waals surface area contributed by atoms with Gasteiger partial charge < -0.3 is 9.47 Å². The van der Waals surface area contributed by atoms with E-state index in [2.05, 4.69) is 39.8 Å². The van der Waals surface area contributed by atoms with Crippen LogP contribution in [0, 0.1) is 0 Å². The normalized spacial score (nSPS) is 19.9. The van der Waals surface area contributed by atoms with Gasteiger partial charge in [-0.05, 0) is 60.3 Å². The molecule has 1 aliphatic heterocycles. The molecule has 3 rings (SSSR count). The van der Waals surface area contributed by atoms with Gasteiger partial charge in [0.25, 0.3) is 5.91 Å². The van der Waals surface area contributed by atoms with E-state index in [9.17, 15) is 19.2 Å². The van der Waals surface area contributed by atoms with Crippen molar-refractivity contribution >= 4 is 30.0 Å². The Morgan fingerprint density at radius 1 is 0.882 bits per heavy atom. The zero-order valence-corrected chi connectivity index (χ0v) is 20.9. The van der Waals surface area contributed by atoms with E-state index in [1.165, 1.54) is 11.1 Å². The highest BCUT2D eigenvalue weighted by Crippen LogP contribution is 2.46.